The first-order valence-corrected chi connectivity index (χ1v) is 7.51. The minimum Gasteiger partial charge on any atom is -0.467 e. The van der Waals surface area contributed by atoms with E-state index in [1.54, 1.807) is 19.1 Å². The van der Waals surface area contributed by atoms with Crippen molar-refractivity contribution in [3.8, 4) is 0 Å². The molecule has 1 heterocycles. The summed E-state index contributed by atoms with van der Waals surface area (Å²) in [5, 5.41) is 23.5. The molecule has 0 bridgehead atoms. The van der Waals surface area contributed by atoms with Crippen LogP contribution in [0.2, 0.25) is 0 Å². The van der Waals surface area contributed by atoms with Gasteiger partial charge in [0.2, 0.25) is 5.91 Å². The van der Waals surface area contributed by atoms with Crippen LogP contribution in [0.4, 0.5) is 10.1 Å². The van der Waals surface area contributed by atoms with Gasteiger partial charge < -0.3 is 14.8 Å². The summed E-state index contributed by atoms with van der Waals surface area (Å²) in [6.07, 6.45) is 3.19. The fourth-order valence-corrected chi connectivity index (χ4v) is 2.26. The first-order valence-electron chi connectivity index (χ1n) is 7.51. The summed E-state index contributed by atoms with van der Waals surface area (Å²) < 4.78 is 18.2. The van der Waals surface area contributed by atoms with Crippen molar-refractivity contribution in [2.45, 2.75) is 25.5 Å². The third-order valence-corrected chi connectivity index (χ3v) is 3.44. The minimum atomic E-state index is -0.854. The molecule has 2 unspecified atom stereocenters. The molecule has 0 radical (unpaired) electrons. The largest absolute Gasteiger partial charge is 0.467 e. The van der Waals surface area contributed by atoms with Gasteiger partial charge in [0, 0.05) is 18.5 Å². The van der Waals surface area contributed by atoms with E-state index in [2.05, 4.69) is 5.32 Å². The van der Waals surface area contributed by atoms with Crippen molar-refractivity contribution in [1.82, 2.24) is 5.32 Å². The summed E-state index contributed by atoms with van der Waals surface area (Å²) >= 11 is 0. The van der Waals surface area contributed by atoms with Gasteiger partial charge in [-0.3, -0.25) is 14.9 Å². The summed E-state index contributed by atoms with van der Waals surface area (Å²) in [4.78, 5) is 22.1. The molecule has 2 rings (SSSR count). The minimum absolute atomic E-state index is 0.116. The zero-order valence-electron chi connectivity index (χ0n) is 13.4. The van der Waals surface area contributed by atoms with Crippen LogP contribution in [0, 0.1) is 15.9 Å². The van der Waals surface area contributed by atoms with Crippen LogP contribution in [0.5, 0.6) is 0 Å². The number of furan rings is 1. The third kappa shape index (κ3) is 5.25. The lowest BCUT2D eigenvalue weighted by Crippen LogP contribution is -2.32. The first-order chi connectivity index (χ1) is 11.9. The van der Waals surface area contributed by atoms with Crippen LogP contribution < -0.4 is 5.32 Å². The molecule has 0 saturated carbocycles. The fraction of sp³-hybridized carbons (Fsp3) is 0.235. The van der Waals surface area contributed by atoms with Crippen LogP contribution >= 0.6 is 0 Å². The number of carbonyl (C=O) groups excluding carboxylic acids is 1. The normalized spacial score (nSPS) is 13.6. The zero-order chi connectivity index (χ0) is 18.4. The van der Waals surface area contributed by atoms with Gasteiger partial charge in [0.1, 0.15) is 17.7 Å². The van der Waals surface area contributed by atoms with E-state index in [0.29, 0.717) is 5.76 Å². The molecule has 0 aliphatic rings. The van der Waals surface area contributed by atoms with Crippen molar-refractivity contribution in [3.63, 3.8) is 0 Å². The topological polar surface area (TPSA) is 106 Å². The average Bonchev–Trinajstić information content (AvgIpc) is 3.07. The van der Waals surface area contributed by atoms with Crippen LogP contribution in [0.1, 0.15) is 30.8 Å². The number of carbonyl (C=O) groups is 1. The maximum Gasteiger partial charge on any atom is 0.279 e. The maximum atomic E-state index is 13.1. The lowest BCUT2D eigenvalue weighted by Gasteiger charge is -2.15. The van der Waals surface area contributed by atoms with Crippen molar-refractivity contribution >= 4 is 17.7 Å². The summed E-state index contributed by atoms with van der Waals surface area (Å²) in [5.74, 6) is -0.815. The quantitative estimate of drug-likeness (QED) is 0.455. The van der Waals surface area contributed by atoms with E-state index in [0.717, 1.165) is 18.2 Å². The van der Waals surface area contributed by atoms with Gasteiger partial charge in [-0.05, 0) is 37.3 Å². The molecular weight excluding hydrogens is 331 g/mol. The first kappa shape index (κ1) is 18.3. The van der Waals surface area contributed by atoms with E-state index < -0.39 is 28.4 Å². The lowest BCUT2D eigenvalue weighted by molar-refractivity contribution is -0.385. The van der Waals surface area contributed by atoms with E-state index in [-0.39, 0.29) is 18.0 Å². The highest BCUT2D eigenvalue weighted by Crippen LogP contribution is 2.21. The molecule has 0 aliphatic heterocycles. The van der Waals surface area contributed by atoms with Gasteiger partial charge in [0.05, 0.1) is 22.8 Å². The molecule has 1 aromatic heterocycles. The molecule has 1 amide bonds. The molecule has 2 atom stereocenters. The molecule has 0 fully saturated rings. The highest BCUT2D eigenvalue weighted by molar-refractivity contribution is 5.92. The van der Waals surface area contributed by atoms with E-state index in [9.17, 15) is 24.4 Å². The van der Waals surface area contributed by atoms with Crippen molar-refractivity contribution in [3.05, 3.63) is 69.9 Å². The van der Waals surface area contributed by atoms with Gasteiger partial charge in [-0.1, -0.05) is 0 Å². The Hall–Kier alpha value is -3.00. The van der Waals surface area contributed by atoms with E-state index in [1.165, 1.54) is 18.4 Å². The Morgan fingerprint density at radius 1 is 1.48 bits per heavy atom. The Bertz CT molecular complexity index is 773. The Morgan fingerprint density at radius 2 is 2.24 bits per heavy atom. The van der Waals surface area contributed by atoms with Crippen LogP contribution in [-0.4, -0.2) is 22.0 Å². The third-order valence-electron chi connectivity index (χ3n) is 3.44. The second kappa shape index (κ2) is 8.20. The SMILES string of the molecule is CC(CC(O)c1ccco1)NC(=O)/C=C/c1ccc(F)cc1[N+](=O)[O-]. The number of amides is 1. The predicted molar refractivity (Wildman–Crippen MR) is 88.0 cm³/mol. The Morgan fingerprint density at radius 3 is 2.88 bits per heavy atom. The van der Waals surface area contributed by atoms with E-state index in [1.807, 2.05) is 0 Å². The Labute approximate surface area is 142 Å². The summed E-state index contributed by atoms with van der Waals surface area (Å²) in [7, 11) is 0. The molecule has 8 heteroatoms. The number of nitro benzene ring substituents is 1. The molecule has 2 aromatic rings. The molecule has 1 aromatic carbocycles. The van der Waals surface area contributed by atoms with Gasteiger partial charge in [-0.2, -0.15) is 0 Å². The highest BCUT2D eigenvalue weighted by Gasteiger charge is 2.16. The summed E-state index contributed by atoms with van der Waals surface area (Å²) in [5.41, 5.74) is -0.310. The predicted octanol–water partition coefficient (Wildman–Crippen LogP) is 2.97. The molecule has 0 saturated heterocycles. The number of aliphatic hydroxyl groups excluding tert-OH is 1. The molecule has 0 spiro atoms. The Kier molecular flexibility index (Phi) is 6.02. The van der Waals surface area contributed by atoms with Crippen LogP contribution in [0.3, 0.4) is 0 Å². The Balaban J connectivity index is 1.95. The monoisotopic (exact) mass is 348 g/mol. The average molecular weight is 348 g/mol. The number of hydrogen-bond donors (Lipinski definition) is 2. The van der Waals surface area contributed by atoms with Crippen molar-refractivity contribution in [2.24, 2.45) is 0 Å². The van der Waals surface area contributed by atoms with Gasteiger partial charge >= 0.3 is 0 Å². The molecule has 2 N–H and O–H groups in total. The van der Waals surface area contributed by atoms with Crippen molar-refractivity contribution < 1.29 is 23.6 Å². The lowest BCUT2D eigenvalue weighted by atomic mass is 10.1. The van der Waals surface area contributed by atoms with Gasteiger partial charge in [0.15, 0.2) is 0 Å². The number of halogens is 1. The number of rotatable bonds is 7. The van der Waals surface area contributed by atoms with Gasteiger partial charge in [0.25, 0.3) is 5.69 Å². The summed E-state index contributed by atoms with van der Waals surface area (Å²) in [6.45, 7) is 1.71. The number of hydrogen-bond acceptors (Lipinski definition) is 5. The molecule has 0 aliphatic carbocycles. The van der Waals surface area contributed by atoms with Crippen molar-refractivity contribution in [1.29, 1.82) is 0 Å². The zero-order valence-corrected chi connectivity index (χ0v) is 13.4. The smallest absolute Gasteiger partial charge is 0.279 e. The van der Waals surface area contributed by atoms with Crippen LogP contribution in [0.15, 0.2) is 47.1 Å². The van der Waals surface area contributed by atoms with Crippen LogP contribution in [-0.2, 0) is 4.79 Å². The van der Waals surface area contributed by atoms with Crippen molar-refractivity contribution in [2.75, 3.05) is 0 Å². The van der Waals surface area contributed by atoms with Gasteiger partial charge in [-0.25, -0.2) is 4.39 Å². The number of nitro groups is 1. The highest BCUT2D eigenvalue weighted by atomic mass is 19.1. The molecule has 25 heavy (non-hydrogen) atoms. The molecule has 7 nitrogen and oxygen atoms in total. The van der Waals surface area contributed by atoms with E-state index in [4.69, 9.17) is 4.42 Å². The van der Waals surface area contributed by atoms with Gasteiger partial charge in [-0.15, -0.1) is 0 Å². The van der Waals surface area contributed by atoms with E-state index >= 15 is 0 Å². The maximum absolute atomic E-state index is 13.1. The number of aliphatic hydroxyl groups is 1. The number of nitrogens with one attached hydrogen (secondary N) is 1. The fourth-order valence-electron chi connectivity index (χ4n) is 2.26. The second-order valence-electron chi connectivity index (χ2n) is 5.47. The number of nitrogens with zero attached hydrogens (tertiary/aromatic N) is 1. The van der Waals surface area contributed by atoms with Crippen LogP contribution in [0.25, 0.3) is 6.08 Å². The summed E-state index contributed by atoms with van der Waals surface area (Å²) in [6, 6.07) is 6.02. The molecule has 132 valence electrons. The standard InChI is InChI=1S/C17H17FN2O5/c1-11(9-15(21)16-3-2-8-25-16)19-17(22)7-5-12-4-6-13(18)10-14(12)20(23)24/h2-8,10-11,15,21H,9H2,1H3,(H,19,22)/b7-5+. The second-order valence-corrected chi connectivity index (χ2v) is 5.47. The number of benzene rings is 1. The molecular formula is C17H17FN2O5.